The monoisotopic (exact) mass is 1000 g/mol. The molecule has 0 saturated heterocycles. The van der Waals surface area contributed by atoms with E-state index in [1.807, 2.05) is 92.7 Å². The van der Waals surface area contributed by atoms with Crippen LogP contribution in [0.2, 0.25) is 0 Å². The lowest BCUT2D eigenvalue weighted by Crippen LogP contribution is -2.57. The second-order valence-corrected chi connectivity index (χ2v) is 21.7. The topological polar surface area (TPSA) is 182 Å². The Kier molecular flexibility index (Phi) is 19.7. The molecule has 0 spiro atoms. The predicted molar refractivity (Wildman–Crippen MR) is 291 cm³/mol. The minimum absolute atomic E-state index is 0.0544. The maximum atomic E-state index is 14.9. The molecule has 0 aliphatic carbocycles. The van der Waals surface area contributed by atoms with Crippen LogP contribution in [0.25, 0.3) is 0 Å². The van der Waals surface area contributed by atoms with Crippen LogP contribution in [-0.4, -0.2) is 43.4 Å². The Morgan fingerprint density at radius 1 is 0.527 bits per heavy atom. The number of azo groups is 3. The molecule has 5 rings (SSSR count). The third-order valence-corrected chi connectivity index (χ3v) is 15.7. The molecule has 14 heteroatoms. The highest BCUT2D eigenvalue weighted by Crippen LogP contribution is 2.63. The minimum atomic E-state index is -0.952. The maximum absolute atomic E-state index is 14.9. The van der Waals surface area contributed by atoms with E-state index in [4.69, 9.17) is 24.2 Å². The lowest BCUT2D eigenvalue weighted by Gasteiger charge is -2.58. The van der Waals surface area contributed by atoms with Gasteiger partial charge in [0.15, 0.2) is 0 Å². The third-order valence-electron chi connectivity index (χ3n) is 15.7. The number of hydrogen-bond acceptors (Lipinski definition) is 14. The summed E-state index contributed by atoms with van der Waals surface area (Å²) in [4.78, 5) is 33.4. The fourth-order valence-corrected chi connectivity index (χ4v) is 9.55. The standard InChI is InChI=1S/C60H76N8O6/c1-14-55(5,6)41-59(12,54(70)74-37-35-72-52-33-30-48(38-43(52)4)67-65-46-24-22-45(23-25-46)64-63-44-20-18-17-19-21-44)60(13,16-3)57(9,10)42-58(11,56(7,8)15-2)53(69)73-36-34-71-51-31-28-47(29-32-51)66-68-50-27-26-49(39-61)62-40-50/h17-33,38,40H,14-16,34-37,41-42H2,1-13H3/b64-63+,67-65+,68-66+. The first kappa shape index (κ1) is 57.8. The highest BCUT2D eigenvalue weighted by molar-refractivity contribution is 5.79. The number of ether oxygens (including phenoxy) is 4. The van der Waals surface area contributed by atoms with Crippen molar-refractivity contribution in [3.05, 3.63) is 127 Å². The average molecular weight is 1010 g/mol. The second-order valence-electron chi connectivity index (χ2n) is 21.7. The molecule has 0 radical (unpaired) electrons. The van der Waals surface area contributed by atoms with Gasteiger partial charge in [0.2, 0.25) is 0 Å². The number of pyridine rings is 1. The van der Waals surface area contributed by atoms with Gasteiger partial charge in [0, 0.05) is 0 Å². The molecule has 0 N–H and O–H groups in total. The molecule has 3 unspecified atom stereocenters. The van der Waals surface area contributed by atoms with Gasteiger partial charge in [-0.15, -0.1) is 5.11 Å². The van der Waals surface area contributed by atoms with Crippen LogP contribution in [0.1, 0.15) is 126 Å². The fraction of sp³-hybridized carbons (Fsp3) is 0.467. The Bertz CT molecular complexity index is 2770. The molecule has 0 bridgehead atoms. The summed E-state index contributed by atoms with van der Waals surface area (Å²) in [6.45, 7) is 28.1. The molecule has 0 fully saturated rings. The second kappa shape index (κ2) is 25.2. The van der Waals surface area contributed by atoms with E-state index in [1.54, 1.807) is 36.4 Å². The molecule has 1 aromatic heterocycles. The normalized spacial score (nSPS) is 14.8. The van der Waals surface area contributed by atoms with Gasteiger partial charge in [-0.1, -0.05) is 93.9 Å². The number of aryl methyl sites for hydroxylation is 1. The molecule has 3 atom stereocenters. The molecule has 0 aliphatic rings. The summed E-state index contributed by atoms with van der Waals surface area (Å²) in [6, 6.07) is 34.9. The number of aromatic nitrogens is 1. The Labute approximate surface area is 439 Å². The molecule has 392 valence electrons. The highest BCUT2D eigenvalue weighted by atomic mass is 16.6. The van der Waals surface area contributed by atoms with Crippen molar-refractivity contribution in [2.75, 3.05) is 26.4 Å². The SMILES string of the molecule is CCC(C)(C)CC(C)(C(=O)OCCOc1ccc(/N=N/c2ccc(/N=N/c3ccccc3)cc2)cc1C)C(C)(CC)C(C)(C)CC(C)(C(=O)OCCOc1ccc(/N=N/c2ccc(C#N)nc2)cc1)C(C)(C)CC. The third kappa shape index (κ3) is 14.5. The Balaban J connectivity index is 1.22. The van der Waals surface area contributed by atoms with Crippen molar-refractivity contribution in [1.29, 1.82) is 5.26 Å². The molecular weight excluding hydrogens is 929 g/mol. The summed E-state index contributed by atoms with van der Waals surface area (Å²) < 4.78 is 24.5. The lowest BCUT2D eigenvalue weighted by molar-refractivity contribution is -0.186. The molecule has 1 heterocycles. The fourth-order valence-electron chi connectivity index (χ4n) is 9.55. The van der Waals surface area contributed by atoms with Crippen molar-refractivity contribution in [2.45, 2.75) is 122 Å². The Morgan fingerprint density at radius 2 is 1.01 bits per heavy atom. The molecule has 5 aromatic rings. The first-order valence-electron chi connectivity index (χ1n) is 25.6. The number of carbonyl (C=O) groups is 2. The number of hydrogen-bond donors (Lipinski definition) is 0. The van der Waals surface area contributed by atoms with Gasteiger partial charge in [-0.2, -0.15) is 30.8 Å². The van der Waals surface area contributed by atoms with Gasteiger partial charge in [0.1, 0.15) is 55.4 Å². The zero-order valence-corrected chi connectivity index (χ0v) is 45.9. The number of nitriles is 1. The molecule has 4 aromatic carbocycles. The molecule has 74 heavy (non-hydrogen) atoms. The van der Waals surface area contributed by atoms with Crippen LogP contribution in [0.3, 0.4) is 0 Å². The van der Waals surface area contributed by atoms with Crippen LogP contribution in [0.15, 0.2) is 146 Å². The van der Waals surface area contributed by atoms with Crippen LogP contribution in [0, 0.1) is 50.7 Å². The first-order valence-corrected chi connectivity index (χ1v) is 25.6. The van der Waals surface area contributed by atoms with Crippen LogP contribution in [-0.2, 0) is 19.1 Å². The minimum Gasteiger partial charge on any atom is -0.490 e. The van der Waals surface area contributed by atoms with Gasteiger partial charge in [-0.3, -0.25) is 9.59 Å². The number of benzene rings is 4. The van der Waals surface area contributed by atoms with Crippen molar-refractivity contribution in [2.24, 2.45) is 63.2 Å². The van der Waals surface area contributed by atoms with E-state index in [-0.39, 0.29) is 43.8 Å². The quantitative estimate of drug-likeness (QED) is 0.0298. The van der Waals surface area contributed by atoms with Crippen molar-refractivity contribution >= 4 is 46.1 Å². The number of carbonyl (C=O) groups excluding carboxylic acids is 2. The Morgan fingerprint density at radius 3 is 1.51 bits per heavy atom. The summed E-state index contributed by atoms with van der Waals surface area (Å²) in [6.07, 6.45) is 4.78. The number of rotatable bonds is 26. The van der Waals surface area contributed by atoms with E-state index in [1.165, 1.54) is 6.20 Å². The molecule has 14 nitrogen and oxygen atoms in total. The maximum Gasteiger partial charge on any atom is 0.312 e. The van der Waals surface area contributed by atoms with E-state index in [0.29, 0.717) is 64.9 Å². The van der Waals surface area contributed by atoms with Gasteiger partial charge < -0.3 is 18.9 Å². The van der Waals surface area contributed by atoms with Gasteiger partial charge in [0.25, 0.3) is 0 Å². The summed E-state index contributed by atoms with van der Waals surface area (Å²) in [5, 5.41) is 34.8. The number of esters is 2. The van der Waals surface area contributed by atoms with Crippen LogP contribution in [0.5, 0.6) is 11.5 Å². The number of nitrogens with zero attached hydrogens (tertiary/aromatic N) is 8. The summed E-state index contributed by atoms with van der Waals surface area (Å²) in [5.41, 5.74) is 1.41. The zero-order valence-electron chi connectivity index (χ0n) is 45.9. The summed E-state index contributed by atoms with van der Waals surface area (Å²) in [5.74, 6) is 0.668. The van der Waals surface area contributed by atoms with E-state index in [2.05, 4.69) is 112 Å². The van der Waals surface area contributed by atoms with E-state index in [0.717, 1.165) is 24.1 Å². The smallest absolute Gasteiger partial charge is 0.312 e. The largest absolute Gasteiger partial charge is 0.490 e. The van der Waals surface area contributed by atoms with Gasteiger partial charge in [-0.25, -0.2) is 4.98 Å². The molecular formula is C60H76N8O6. The van der Waals surface area contributed by atoms with Crippen molar-refractivity contribution in [3.63, 3.8) is 0 Å². The van der Waals surface area contributed by atoms with E-state index in [9.17, 15) is 9.59 Å². The van der Waals surface area contributed by atoms with E-state index < -0.39 is 27.1 Å². The van der Waals surface area contributed by atoms with Gasteiger partial charge >= 0.3 is 11.9 Å². The summed E-state index contributed by atoms with van der Waals surface area (Å²) >= 11 is 0. The van der Waals surface area contributed by atoms with Crippen LogP contribution >= 0.6 is 0 Å². The first-order chi connectivity index (χ1) is 35.0. The molecule has 0 aliphatic heterocycles. The average Bonchev–Trinajstić information content (AvgIpc) is 3.39. The van der Waals surface area contributed by atoms with Crippen LogP contribution < -0.4 is 9.47 Å². The van der Waals surface area contributed by atoms with Gasteiger partial charge in [0.05, 0.1) is 45.5 Å². The molecule has 0 saturated carbocycles. The van der Waals surface area contributed by atoms with Crippen molar-refractivity contribution in [1.82, 2.24) is 4.98 Å². The lowest BCUT2D eigenvalue weighted by atomic mass is 9.45. The molecule has 0 amide bonds. The van der Waals surface area contributed by atoms with E-state index >= 15 is 0 Å². The Hall–Kier alpha value is -7.14. The van der Waals surface area contributed by atoms with Crippen molar-refractivity contribution < 1.29 is 28.5 Å². The highest BCUT2D eigenvalue weighted by Gasteiger charge is 2.62. The van der Waals surface area contributed by atoms with Crippen LogP contribution in [0.4, 0.5) is 34.1 Å². The van der Waals surface area contributed by atoms with Gasteiger partial charge in [-0.05, 0) is 165 Å². The zero-order chi connectivity index (χ0) is 54.2. The summed E-state index contributed by atoms with van der Waals surface area (Å²) in [7, 11) is 0. The predicted octanol–water partition coefficient (Wildman–Crippen LogP) is 17.2. The van der Waals surface area contributed by atoms with Crippen molar-refractivity contribution in [3.8, 4) is 17.6 Å².